The molecule has 3 heterocycles. The molecule has 164 valence electrons. The third-order valence-electron chi connectivity index (χ3n) is 6.02. The van der Waals surface area contributed by atoms with Gasteiger partial charge in [0.25, 0.3) is 0 Å². The Hall–Kier alpha value is -2.84. The summed E-state index contributed by atoms with van der Waals surface area (Å²) >= 11 is 0. The van der Waals surface area contributed by atoms with Crippen LogP contribution in [-0.2, 0) is 16.1 Å². The molecule has 1 unspecified atom stereocenters. The van der Waals surface area contributed by atoms with Crippen molar-refractivity contribution in [2.75, 3.05) is 38.1 Å². The van der Waals surface area contributed by atoms with Crippen LogP contribution in [0.3, 0.4) is 0 Å². The number of amides is 2. The molecular formula is C21H33N7O2. The number of primary amides is 2. The van der Waals surface area contributed by atoms with Gasteiger partial charge >= 0.3 is 0 Å². The van der Waals surface area contributed by atoms with E-state index < -0.39 is 0 Å². The molecule has 1 aromatic rings. The fourth-order valence-corrected chi connectivity index (χ4v) is 4.44. The first-order chi connectivity index (χ1) is 14.5. The van der Waals surface area contributed by atoms with Gasteiger partial charge in [-0.05, 0) is 37.7 Å². The maximum atomic E-state index is 11.4. The summed E-state index contributed by atoms with van der Waals surface area (Å²) in [5, 5.41) is 3.45. The van der Waals surface area contributed by atoms with Crippen LogP contribution in [0, 0.1) is 11.8 Å². The minimum absolute atomic E-state index is 0.0437. The second-order valence-electron chi connectivity index (χ2n) is 8.18. The van der Waals surface area contributed by atoms with E-state index in [0.717, 1.165) is 69.2 Å². The number of carbonyl (C=O) groups excluding carboxylic acids is 2. The summed E-state index contributed by atoms with van der Waals surface area (Å²) < 4.78 is 0. The van der Waals surface area contributed by atoms with Crippen molar-refractivity contribution in [1.82, 2.24) is 15.2 Å². The number of aliphatic imine (C=N–C) groups is 1. The maximum absolute atomic E-state index is 11.4. The number of aromatic nitrogens is 1. The molecule has 0 bridgehead atoms. The molecule has 1 aromatic heterocycles. The molecule has 0 radical (unpaired) electrons. The van der Waals surface area contributed by atoms with Crippen LogP contribution in [0.15, 0.2) is 23.3 Å². The van der Waals surface area contributed by atoms with Crippen molar-refractivity contribution in [2.45, 2.75) is 38.6 Å². The number of hydrogen-bond acceptors (Lipinski definition) is 5. The normalized spacial score (nSPS) is 20.8. The number of carbonyl (C=O) groups is 2. The van der Waals surface area contributed by atoms with Crippen LogP contribution >= 0.6 is 0 Å². The third kappa shape index (κ3) is 5.61. The molecule has 2 aliphatic heterocycles. The number of nitrogens with two attached hydrogens (primary N) is 2. The zero-order valence-electron chi connectivity index (χ0n) is 17.7. The minimum atomic E-state index is -0.245. The van der Waals surface area contributed by atoms with E-state index in [1.54, 1.807) is 13.2 Å². The van der Waals surface area contributed by atoms with Crippen molar-refractivity contribution >= 4 is 23.6 Å². The van der Waals surface area contributed by atoms with Crippen molar-refractivity contribution < 1.29 is 9.59 Å². The Morgan fingerprint density at radius 2 is 2.00 bits per heavy atom. The fourth-order valence-electron chi connectivity index (χ4n) is 4.44. The predicted molar refractivity (Wildman–Crippen MR) is 117 cm³/mol. The van der Waals surface area contributed by atoms with Gasteiger partial charge in [-0.1, -0.05) is 6.07 Å². The molecule has 2 aliphatic rings. The molecule has 3 rings (SSSR count). The van der Waals surface area contributed by atoms with Crippen LogP contribution in [0.25, 0.3) is 0 Å². The van der Waals surface area contributed by atoms with Crippen LogP contribution in [0.1, 0.15) is 37.7 Å². The molecule has 1 atom stereocenters. The lowest BCUT2D eigenvalue weighted by Gasteiger charge is -2.35. The lowest BCUT2D eigenvalue weighted by molar-refractivity contribution is -0.122. The molecule has 2 amide bonds. The van der Waals surface area contributed by atoms with Gasteiger partial charge in [0, 0.05) is 63.9 Å². The molecule has 0 saturated carbocycles. The van der Waals surface area contributed by atoms with Crippen LogP contribution < -0.4 is 21.7 Å². The highest BCUT2D eigenvalue weighted by atomic mass is 16.1. The summed E-state index contributed by atoms with van der Waals surface area (Å²) in [7, 11) is 1.78. The van der Waals surface area contributed by atoms with Crippen molar-refractivity contribution in [3.05, 3.63) is 23.9 Å². The van der Waals surface area contributed by atoms with E-state index in [0.29, 0.717) is 13.0 Å². The number of rotatable bonds is 6. The van der Waals surface area contributed by atoms with Crippen molar-refractivity contribution in [3.8, 4) is 0 Å². The van der Waals surface area contributed by atoms with Crippen molar-refractivity contribution in [2.24, 2.45) is 28.3 Å². The maximum Gasteiger partial charge on any atom is 0.220 e. The molecule has 0 spiro atoms. The largest absolute Gasteiger partial charge is 0.370 e. The number of piperidine rings is 2. The Morgan fingerprint density at radius 1 is 1.23 bits per heavy atom. The minimum Gasteiger partial charge on any atom is -0.370 e. The lowest BCUT2D eigenvalue weighted by atomic mass is 9.95. The summed E-state index contributed by atoms with van der Waals surface area (Å²) in [5.74, 6) is 1.54. The van der Waals surface area contributed by atoms with E-state index in [-0.39, 0.29) is 23.7 Å². The Bertz CT molecular complexity index is 774. The van der Waals surface area contributed by atoms with Gasteiger partial charge < -0.3 is 26.6 Å². The molecule has 2 saturated heterocycles. The number of anilines is 1. The highest BCUT2D eigenvalue weighted by molar-refractivity contribution is 5.80. The summed E-state index contributed by atoms with van der Waals surface area (Å²) in [6.07, 6.45) is 5.77. The van der Waals surface area contributed by atoms with Gasteiger partial charge in [0.1, 0.15) is 5.82 Å². The average Bonchev–Trinajstić information content (AvgIpc) is 2.74. The first-order valence-electron chi connectivity index (χ1n) is 10.7. The van der Waals surface area contributed by atoms with Crippen molar-refractivity contribution in [1.29, 1.82) is 0 Å². The molecule has 2 fully saturated rings. The Balaban J connectivity index is 1.61. The Labute approximate surface area is 177 Å². The van der Waals surface area contributed by atoms with E-state index in [1.807, 2.05) is 6.07 Å². The molecule has 5 N–H and O–H groups in total. The van der Waals surface area contributed by atoms with Gasteiger partial charge in [-0.15, -0.1) is 0 Å². The number of nitrogens with zero attached hydrogens (tertiary/aromatic N) is 4. The number of hydrogen-bond donors (Lipinski definition) is 3. The monoisotopic (exact) mass is 415 g/mol. The van der Waals surface area contributed by atoms with Gasteiger partial charge in [-0.25, -0.2) is 4.98 Å². The summed E-state index contributed by atoms with van der Waals surface area (Å²) in [6, 6.07) is 4.00. The topological polar surface area (TPSA) is 130 Å². The third-order valence-corrected chi connectivity index (χ3v) is 6.02. The van der Waals surface area contributed by atoms with Gasteiger partial charge in [0.2, 0.25) is 11.8 Å². The van der Waals surface area contributed by atoms with Crippen LogP contribution in [0.2, 0.25) is 0 Å². The highest BCUT2D eigenvalue weighted by Gasteiger charge is 2.26. The van der Waals surface area contributed by atoms with Crippen LogP contribution in [0.4, 0.5) is 5.82 Å². The first-order valence-corrected chi connectivity index (χ1v) is 10.7. The van der Waals surface area contributed by atoms with Gasteiger partial charge in [-0.2, -0.15) is 0 Å². The summed E-state index contributed by atoms with van der Waals surface area (Å²) in [5.41, 5.74) is 11.9. The molecule has 0 aromatic carbocycles. The number of nitrogens with one attached hydrogen (secondary N) is 1. The molecule has 9 heteroatoms. The zero-order chi connectivity index (χ0) is 21.5. The van der Waals surface area contributed by atoms with E-state index in [1.165, 1.54) is 0 Å². The predicted octanol–water partition coefficient (Wildman–Crippen LogP) is 0.446. The first kappa shape index (κ1) is 21.9. The molecule has 0 aliphatic carbocycles. The average molecular weight is 416 g/mol. The Kier molecular flexibility index (Phi) is 7.48. The van der Waals surface area contributed by atoms with Crippen LogP contribution in [-0.4, -0.2) is 60.9 Å². The van der Waals surface area contributed by atoms with Gasteiger partial charge in [-0.3, -0.25) is 14.6 Å². The van der Waals surface area contributed by atoms with Gasteiger partial charge in [0.15, 0.2) is 5.96 Å². The Morgan fingerprint density at radius 3 is 2.67 bits per heavy atom. The SMILES string of the molecule is CN=C(NCc1cccnc1N1CCC(C(N)=O)CC1)N1CCCC(CC(N)=O)C1. The zero-order valence-corrected chi connectivity index (χ0v) is 17.7. The summed E-state index contributed by atoms with van der Waals surface area (Å²) in [6.45, 7) is 3.84. The smallest absolute Gasteiger partial charge is 0.220 e. The van der Waals surface area contributed by atoms with Gasteiger partial charge in [0.05, 0.1) is 0 Å². The number of pyridine rings is 1. The number of likely N-dealkylation sites (tertiary alicyclic amines) is 1. The number of guanidine groups is 1. The van der Waals surface area contributed by atoms with Crippen LogP contribution in [0.5, 0.6) is 0 Å². The molecule has 30 heavy (non-hydrogen) atoms. The van der Waals surface area contributed by atoms with E-state index >= 15 is 0 Å². The highest BCUT2D eigenvalue weighted by Crippen LogP contribution is 2.25. The second kappa shape index (κ2) is 10.3. The fraction of sp³-hybridized carbons (Fsp3) is 0.619. The van der Waals surface area contributed by atoms with E-state index in [9.17, 15) is 9.59 Å². The standard InChI is InChI=1S/C21H33N7O2/c1-24-21(28-9-3-4-15(14-28)12-18(22)29)26-13-17-5-2-8-25-20(17)27-10-6-16(7-11-27)19(23)30/h2,5,8,15-16H,3-4,6-7,9-14H2,1H3,(H2,22,29)(H2,23,30)(H,24,26). The van der Waals surface area contributed by atoms with Crippen molar-refractivity contribution in [3.63, 3.8) is 0 Å². The molecule has 9 nitrogen and oxygen atoms in total. The van der Waals surface area contributed by atoms with E-state index in [2.05, 4.69) is 31.2 Å². The lowest BCUT2D eigenvalue weighted by Crippen LogP contribution is -2.47. The molecular weight excluding hydrogens is 382 g/mol. The second-order valence-corrected chi connectivity index (χ2v) is 8.18. The summed E-state index contributed by atoms with van der Waals surface area (Å²) in [4.78, 5) is 36.2. The van der Waals surface area contributed by atoms with E-state index in [4.69, 9.17) is 11.5 Å². The quantitative estimate of drug-likeness (QED) is 0.457.